The molecule has 0 saturated carbocycles. The fourth-order valence-corrected chi connectivity index (χ4v) is 2.29. The van der Waals surface area contributed by atoms with E-state index in [0.717, 1.165) is 25.3 Å². The van der Waals surface area contributed by atoms with Crippen LogP contribution in [-0.2, 0) is 6.54 Å². The third-order valence-corrected chi connectivity index (χ3v) is 3.68. The highest BCUT2D eigenvalue weighted by molar-refractivity contribution is 5.00. The van der Waals surface area contributed by atoms with Crippen LogP contribution in [-0.4, -0.2) is 33.8 Å². The average Bonchev–Trinajstić information content (AvgIpc) is 2.72. The zero-order chi connectivity index (χ0) is 12.4. The first kappa shape index (κ1) is 12.6. The Morgan fingerprint density at radius 2 is 2.29 bits per heavy atom. The van der Waals surface area contributed by atoms with E-state index >= 15 is 0 Å². The lowest BCUT2D eigenvalue weighted by molar-refractivity contribution is 0.160. The number of likely N-dealkylation sites (tertiary alicyclic amines) is 1. The first-order chi connectivity index (χ1) is 8.06. The summed E-state index contributed by atoms with van der Waals surface area (Å²) in [5, 5.41) is 4.58. The molecule has 96 valence electrons. The Morgan fingerprint density at radius 3 is 2.88 bits per heavy atom. The molecule has 2 heterocycles. The van der Waals surface area contributed by atoms with E-state index in [2.05, 4.69) is 43.0 Å². The van der Waals surface area contributed by atoms with Crippen molar-refractivity contribution in [1.29, 1.82) is 0 Å². The normalized spacial score (nSPS) is 26.6. The van der Waals surface area contributed by atoms with Gasteiger partial charge in [0, 0.05) is 31.4 Å². The minimum Gasteiger partial charge on any atom is -0.326 e. The summed E-state index contributed by atoms with van der Waals surface area (Å²) in [5.74, 6) is 0.652. The third kappa shape index (κ3) is 3.07. The molecule has 1 aliphatic rings. The number of hydrogen-bond acceptors (Lipinski definition) is 3. The van der Waals surface area contributed by atoms with Crippen molar-refractivity contribution in [3.8, 4) is 0 Å². The van der Waals surface area contributed by atoms with E-state index in [1.54, 1.807) is 0 Å². The first-order valence-corrected chi connectivity index (χ1v) is 6.58. The fraction of sp³-hybridized carbons (Fsp3) is 0.769. The third-order valence-electron chi connectivity index (χ3n) is 3.68. The molecule has 0 spiro atoms. The molecule has 2 atom stereocenters. The predicted octanol–water partition coefficient (Wildman–Crippen LogP) is 1.63. The number of aromatic nitrogens is 2. The molecule has 2 unspecified atom stereocenters. The lowest BCUT2D eigenvalue weighted by atomic mass is 9.94. The predicted molar refractivity (Wildman–Crippen MR) is 69.6 cm³/mol. The van der Waals surface area contributed by atoms with Crippen LogP contribution >= 0.6 is 0 Å². The van der Waals surface area contributed by atoms with E-state index in [-0.39, 0.29) is 0 Å². The van der Waals surface area contributed by atoms with Crippen LogP contribution in [0.4, 0.5) is 0 Å². The topological polar surface area (TPSA) is 47.1 Å². The van der Waals surface area contributed by atoms with Gasteiger partial charge in [0.2, 0.25) is 0 Å². The highest BCUT2D eigenvalue weighted by Gasteiger charge is 2.23. The second-order valence-electron chi connectivity index (χ2n) is 5.55. The van der Waals surface area contributed by atoms with Crippen molar-refractivity contribution in [3.05, 3.63) is 18.0 Å². The Bertz CT molecular complexity index is 358. The van der Waals surface area contributed by atoms with Gasteiger partial charge in [0.25, 0.3) is 0 Å². The number of nitrogens with two attached hydrogens (primary N) is 1. The van der Waals surface area contributed by atoms with Crippen LogP contribution in [0.15, 0.2) is 12.3 Å². The van der Waals surface area contributed by atoms with E-state index in [4.69, 9.17) is 5.73 Å². The first-order valence-electron chi connectivity index (χ1n) is 6.58. The molecule has 17 heavy (non-hydrogen) atoms. The summed E-state index contributed by atoms with van der Waals surface area (Å²) in [7, 11) is 0. The molecule has 0 amide bonds. The summed E-state index contributed by atoms with van der Waals surface area (Å²) in [4.78, 5) is 2.41. The van der Waals surface area contributed by atoms with Crippen LogP contribution in [0.2, 0.25) is 0 Å². The Kier molecular flexibility index (Phi) is 3.84. The SMILES string of the molecule is CC1CCN(Cc2ccn(C(C)C)n2)CC1N. The summed E-state index contributed by atoms with van der Waals surface area (Å²) in [5.41, 5.74) is 7.26. The van der Waals surface area contributed by atoms with Gasteiger partial charge in [-0.15, -0.1) is 0 Å². The standard InChI is InChI=1S/C13H24N4/c1-10(2)17-7-5-12(15-17)8-16-6-4-11(3)13(14)9-16/h5,7,10-11,13H,4,6,8-9,14H2,1-3H3. The van der Waals surface area contributed by atoms with E-state index in [9.17, 15) is 0 Å². The van der Waals surface area contributed by atoms with Gasteiger partial charge in [-0.05, 0) is 38.8 Å². The van der Waals surface area contributed by atoms with Crippen molar-refractivity contribution >= 4 is 0 Å². The highest BCUT2D eigenvalue weighted by Crippen LogP contribution is 2.17. The molecule has 4 nitrogen and oxygen atoms in total. The molecule has 0 bridgehead atoms. The summed E-state index contributed by atoms with van der Waals surface area (Å²) in [6.07, 6.45) is 3.26. The highest BCUT2D eigenvalue weighted by atomic mass is 15.3. The van der Waals surface area contributed by atoms with Gasteiger partial charge >= 0.3 is 0 Å². The van der Waals surface area contributed by atoms with E-state index in [1.165, 1.54) is 6.42 Å². The maximum atomic E-state index is 6.11. The minimum absolute atomic E-state index is 0.316. The lowest BCUT2D eigenvalue weighted by Crippen LogP contribution is -2.47. The summed E-state index contributed by atoms with van der Waals surface area (Å²) in [6.45, 7) is 9.61. The second kappa shape index (κ2) is 5.19. The van der Waals surface area contributed by atoms with Crippen LogP contribution in [0.1, 0.15) is 38.9 Å². The van der Waals surface area contributed by atoms with Crippen LogP contribution in [0.5, 0.6) is 0 Å². The van der Waals surface area contributed by atoms with Crippen molar-refractivity contribution in [3.63, 3.8) is 0 Å². The number of hydrogen-bond donors (Lipinski definition) is 1. The van der Waals surface area contributed by atoms with Crippen molar-refractivity contribution in [1.82, 2.24) is 14.7 Å². The molecule has 1 aromatic rings. The fourth-order valence-electron chi connectivity index (χ4n) is 2.29. The van der Waals surface area contributed by atoms with Gasteiger partial charge < -0.3 is 5.73 Å². The molecule has 0 radical (unpaired) electrons. The molecule has 0 aliphatic carbocycles. The van der Waals surface area contributed by atoms with Gasteiger partial charge in [0.15, 0.2) is 0 Å². The van der Waals surface area contributed by atoms with E-state index in [1.807, 2.05) is 4.68 Å². The molecule has 2 rings (SSSR count). The zero-order valence-electron chi connectivity index (χ0n) is 11.1. The molecule has 1 aromatic heterocycles. The summed E-state index contributed by atoms with van der Waals surface area (Å²) >= 11 is 0. The summed E-state index contributed by atoms with van der Waals surface area (Å²) in [6, 6.07) is 2.87. The quantitative estimate of drug-likeness (QED) is 0.867. The van der Waals surface area contributed by atoms with Gasteiger partial charge in [0.05, 0.1) is 5.69 Å². The van der Waals surface area contributed by atoms with Crippen molar-refractivity contribution in [2.24, 2.45) is 11.7 Å². The molecule has 2 N–H and O–H groups in total. The molecule has 1 aliphatic heterocycles. The number of nitrogens with zero attached hydrogens (tertiary/aromatic N) is 3. The number of rotatable bonds is 3. The summed E-state index contributed by atoms with van der Waals surface area (Å²) < 4.78 is 2.02. The lowest BCUT2D eigenvalue weighted by Gasteiger charge is -2.34. The molecule has 4 heteroatoms. The Balaban J connectivity index is 1.92. The molecule has 0 aromatic carbocycles. The van der Waals surface area contributed by atoms with Crippen molar-refractivity contribution in [2.45, 2.75) is 45.8 Å². The average molecular weight is 236 g/mol. The van der Waals surface area contributed by atoms with Gasteiger partial charge in [-0.2, -0.15) is 5.10 Å². The molecule has 1 saturated heterocycles. The Labute approximate surface area is 104 Å². The van der Waals surface area contributed by atoms with Crippen molar-refractivity contribution in [2.75, 3.05) is 13.1 Å². The smallest absolute Gasteiger partial charge is 0.0764 e. The molecular weight excluding hydrogens is 212 g/mol. The Morgan fingerprint density at radius 1 is 1.53 bits per heavy atom. The van der Waals surface area contributed by atoms with E-state index < -0.39 is 0 Å². The van der Waals surface area contributed by atoms with Crippen LogP contribution < -0.4 is 5.73 Å². The van der Waals surface area contributed by atoms with Gasteiger partial charge in [-0.25, -0.2) is 0 Å². The van der Waals surface area contributed by atoms with Gasteiger partial charge in [-0.1, -0.05) is 6.92 Å². The maximum absolute atomic E-state index is 6.11. The van der Waals surface area contributed by atoms with Crippen LogP contribution in [0, 0.1) is 5.92 Å². The van der Waals surface area contributed by atoms with E-state index in [0.29, 0.717) is 18.0 Å². The van der Waals surface area contributed by atoms with Gasteiger partial charge in [0.1, 0.15) is 0 Å². The zero-order valence-corrected chi connectivity index (χ0v) is 11.1. The second-order valence-corrected chi connectivity index (χ2v) is 5.55. The maximum Gasteiger partial charge on any atom is 0.0764 e. The Hall–Kier alpha value is -0.870. The van der Waals surface area contributed by atoms with Crippen molar-refractivity contribution < 1.29 is 0 Å². The number of piperidine rings is 1. The molecule has 1 fully saturated rings. The minimum atomic E-state index is 0.316. The van der Waals surface area contributed by atoms with Crippen LogP contribution in [0.25, 0.3) is 0 Å². The molecular formula is C13H24N4. The van der Waals surface area contributed by atoms with Crippen LogP contribution in [0.3, 0.4) is 0 Å². The largest absolute Gasteiger partial charge is 0.326 e. The monoisotopic (exact) mass is 236 g/mol. The van der Waals surface area contributed by atoms with Gasteiger partial charge in [-0.3, -0.25) is 9.58 Å².